The number of rotatable bonds is 1. The number of nitrogens with one attached hydrogen (secondary N) is 1. The normalized spacial score (nSPS) is 20.0. The van der Waals surface area contributed by atoms with Crippen LogP contribution in [0.3, 0.4) is 0 Å². The maximum absolute atomic E-state index is 8.90. The number of para-hydroxylation sites is 1. The highest BCUT2D eigenvalue weighted by Crippen LogP contribution is 2.35. The van der Waals surface area contributed by atoms with E-state index in [9.17, 15) is 0 Å². The summed E-state index contributed by atoms with van der Waals surface area (Å²) in [6.45, 7) is 0.613. The van der Waals surface area contributed by atoms with Gasteiger partial charge < -0.3 is 15.2 Å². The first-order valence-corrected chi connectivity index (χ1v) is 4.49. The van der Waals surface area contributed by atoms with E-state index in [1.54, 1.807) is 6.07 Å². The molecule has 1 unspecified atom stereocenters. The molecule has 70 valence electrons. The summed E-state index contributed by atoms with van der Waals surface area (Å²) in [5, 5.41) is 12.6. The van der Waals surface area contributed by atoms with E-state index in [1.807, 2.05) is 12.1 Å². The van der Waals surface area contributed by atoms with Crippen LogP contribution in [0.15, 0.2) is 18.2 Å². The molecule has 4 heteroatoms. The van der Waals surface area contributed by atoms with Gasteiger partial charge in [0.15, 0.2) is 5.75 Å². The SMILES string of the molecule is OCC1CNc2cccc(Cl)c2O1. The minimum absolute atomic E-state index is 0.00232. The molecule has 1 aliphatic heterocycles. The predicted octanol–water partition coefficient (Wildman–Crippen LogP) is 1.51. The summed E-state index contributed by atoms with van der Waals surface area (Å²) in [5.74, 6) is 0.634. The van der Waals surface area contributed by atoms with E-state index in [0.29, 0.717) is 17.3 Å². The van der Waals surface area contributed by atoms with Gasteiger partial charge in [-0.2, -0.15) is 0 Å². The summed E-state index contributed by atoms with van der Waals surface area (Å²) >= 11 is 5.92. The molecule has 0 bridgehead atoms. The Kier molecular flexibility index (Phi) is 2.29. The van der Waals surface area contributed by atoms with Gasteiger partial charge in [0, 0.05) is 0 Å². The van der Waals surface area contributed by atoms with Crippen LogP contribution in [0.1, 0.15) is 0 Å². The van der Waals surface area contributed by atoms with Crippen molar-refractivity contribution in [3.63, 3.8) is 0 Å². The Labute approximate surface area is 81.3 Å². The fourth-order valence-corrected chi connectivity index (χ4v) is 1.52. The van der Waals surface area contributed by atoms with Gasteiger partial charge in [-0.1, -0.05) is 17.7 Å². The molecule has 3 nitrogen and oxygen atoms in total. The third-order valence-electron chi connectivity index (χ3n) is 1.98. The van der Waals surface area contributed by atoms with Crippen LogP contribution in [-0.4, -0.2) is 24.4 Å². The average molecular weight is 200 g/mol. The largest absolute Gasteiger partial charge is 0.482 e. The number of benzene rings is 1. The van der Waals surface area contributed by atoms with Crippen molar-refractivity contribution < 1.29 is 9.84 Å². The topological polar surface area (TPSA) is 41.5 Å². The van der Waals surface area contributed by atoms with Crippen LogP contribution in [-0.2, 0) is 0 Å². The van der Waals surface area contributed by atoms with Crippen molar-refractivity contribution in [1.29, 1.82) is 0 Å². The smallest absolute Gasteiger partial charge is 0.161 e. The van der Waals surface area contributed by atoms with Gasteiger partial charge in [-0.25, -0.2) is 0 Å². The molecule has 0 saturated carbocycles. The van der Waals surface area contributed by atoms with Gasteiger partial charge in [-0.15, -0.1) is 0 Å². The Hall–Kier alpha value is -0.930. The maximum atomic E-state index is 8.90. The molecular formula is C9H10ClNO2. The van der Waals surface area contributed by atoms with E-state index in [0.717, 1.165) is 5.69 Å². The lowest BCUT2D eigenvalue weighted by atomic mass is 10.2. The van der Waals surface area contributed by atoms with E-state index in [1.165, 1.54) is 0 Å². The van der Waals surface area contributed by atoms with E-state index in [4.69, 9.17) is 21.4 Å². The molecule has 0 radical (unpaired) electrons. The van der Waals surface area contributed by atoms with Crippen molar-refractivity contribution in [3.05, 3.63) is 23.2 Å². The van der Waals surface area contributed by atoms with Crippen LogP contribution < -0.4 is 10.1 Å². The summed E-state index contributed by atoms with van der Waals surface area (Å²) in [6, 6.07) is 5.52. The molecule has 0 spiro atoms. The van der Waals surface area contributed by atoms with E-state index in [-0.39, 0.29) is 12.7 Å². The van der Waals surface area contributed by atoms with Gasteiger partial charge in [0.05, 0.1) is 23.9 Å². The number of hydrogen-bond acceptors (Lipinski definition) is 3. The van der Waals surface area contributed by atoms with Crippen LogP contribution >= 0.6 is 11.6 Å². The second kappa shape index (κ2) is 3.44. The molecular weight excluding hydrogens is 190 g/mol. The summed E-state index contributed by atoms with van der Waals surface area (Å²) in [5.41, 5.74) is 0.886. The summed E-state index contributed by atoms with van der Waals surface area (Å²) in [7, 11) is 0. The zero-order chi connectivity index (χ0) is 9.26. The van der Waals surface area contributed by atoms with Crippen LogP contribution in [0.25, 0.3) is 0 Å². The summed E-state index contributed by atoms with van der Waals surface area (Å²) in [4.78, 5) is 0. The zero-order valence-corrected chi connectivity index (χ0v) is 7.71. The van der Waals surface area contributed by atoms with Gasteiger partial charge in [-0.05, 0) is 12.1 Å². The highest BCUT2D eigenvalue weighted by Gasteiger charge is 2.19. The quantitative estimate of drug-likeness (QED) is 0.721. The zero-order valence-electron chi connectivity index (χ0n) is 6.96. The molecule has 1 heterocycles. The second-order valence-electron chi connectivity index (χ2n) is 2.92. The van der Waals surface area contributed by atoms with Crippen molar-refractivity contribution in [1.82, 2.24) is 0 Å². The number of anilines is 1. The van der Waals surface area contributed by atoms with Gasteiger partial charge in [0.1, 0.15) is 6.10 Å². The highest BCUT2D eigenvalue weighted by molar-refractivity contribution is 6.32. The van der Waals surface area contributed by atoms with Gasteiger partial charge in [0.25, 0.3) is 0 Å². The number of aliphatic hydroxyl groups is 1. The molecule has 2 rings (SSSR count). The Bertz CT molecular complexity index is 316. The molecule has 1 aliphatic rings. The Morgan fingerprint density at radius 1 is 1.62 bits per heavy atom. The fraction of sp³-hybridized carbons (Fsp3) is 0.333. The average Bonchev–Trinajstić information content (AvgIpc) is 2.18. The van der Waals surface area contributed by atoms with Gasteiger partial charge >= 0.3 is 0 Å². The molecule has 2 N–H and O–H groups in total. The minimum atomic E-state index is -0.201. The van der Waals surface area contributed by atoms with E-state index in [2.05, 4.69) is 5.32 Å². The molecule has 0 amide bonds. The number of aliphatic hydroxyl groups excluding tert-OH is 1. The Morgan fingerprint density at radius 3 is 3.23 bits per heavy atom. The van der Waals surface area contributed by atoms with Crippen molar-refractivity contribution in [3.8, 4) is 5.75 Å². The van der Waals surface area contributed by atoms with Gasteiger partial charge in [0.2, 0.25) is 0 Å². The molecule has 0 saturated heterocycles. The molecule has 13 heavy (non-hydrogen) atoms. The van der Waals surface area contributed by atoms with Crippen LogP contribution in [0.2, 0.25) is 5.02 Å². The Morgan fingerprint density at radius 2 is 2.46 bits per heavy atom. The highest BCUT2D eigenvalue weighted by atomic mass is 35.5. The molecule has 0 aromatic heterocycles. The van der Waals surface area contributed by atoms with Gasteiger partial charge in [-0.3, -0.25) is 0 Å². The minimum Gasteiger partial charge on any atom is -0.482 e. The third-order valence-corrected chi connectivity index (χ3v) is 2.27. The summed E-state index contributed by atoms with van der Waals surface area (Å²) < 4.78 is 5.47. The van der Waals surface area contributed by atoms with Crippen LogP contribution in [0, 0.1) is 0 Å². The number of hydrogen-bond donors (Lipinski definition) is 2. The van der Waals surface area contributed by atoms with Crippen LogP contribution in [0.4, 0.5) is 5.69 Å². The number of halogens is 1. The molecule has 0 fully saturated rings. The van der Waals surface area contributed by atoms with Crippen molar-refractivity contribution in [2.75, 3.05) is 18.5 Å². The molecule has 0 aliphatic carbocycles. The first-order chi connectivity index (χ1) is 6.31. The van der Waals surface area contributed by atoms with Crippen molar-refractivity contribution in [2.45, 2.75) is 6.10 Å². The van der Waals surface area contributed by atoms with Crippen LogP contribution in [0.5, 0.6) is 5.75 Å². The first kappa shape index (κ1) is 8.66. The second-order valence-corrected chi connectivity index (χ2v) is 3.33. The maximum Gasteiger partial charge on any atom is 0.161 e. The first-order valence-electron chi connectivity index (χ1n) is 4.11. The molecule has 1 aromatic rings. The lowest BCUT2D eigenvalue weighted by molar-refractivity contribution is 0.120. The molecule has 1 atom stereocenters. The predicted molar refractivity (Wildman–Crippen MR) is 51.4 cm³/mol. The number of ether oxygens (including phenoxy) is 1. The van der Waals surface area contributed by atoms with Crippen molar-refractivity contribution in [2.24, 2.45) is 0 Å². The monoisotopic (exact) mass is 199 g/mol. The standard InChI is InChI=1S/C9H10ClNO2/c10-7-2-1-3-8-9(7)13-6(5-12)4-11-8/h1-3,6,11-12H,4-5H2. The third kappa shape index (κ3) is 1.57. The summed E-state index contributed by atoms with van der Waals surface area (Å²) in [6.07, 6.45) is -0.201. The fourth-order valence-electron chi connectivity index (χ4n) is 1.30. The Balaban J connectivity index is 2.32. The molecule has 1 aromatic carbocycles. The number of fused-ring (bicyclic) bond motifs is 1. The van der Waals surface area contributed by atoms with E-state index >= 15 is 0 Å². The lowest BCUT2D eigenvalue weighted by Gasteiger charge is -2.26. The van der Waals surface area contributed by atoms with Crippen molar-refractivity contribution >= 4 is 17.3 Å². The van der Waals surface area contributed by atoms with E-state index < -0.39 is 0 Å². The lowest BCUT2D eigenvalue weighted by Crippen LogP contribution is -2.33.